The van der Waals surface area contributed by atoms with Crippen LogP contribution in [-0.2, 0) is 0 Å². The molecule has 18 heavy (non-hydrogen) atoms. The van der Waals surface area contributed by atoms with Crippen LogP contribution < -0.4 is 5.32 Å². The van der Waals surface area contributed by atoms with Crippen molar-refractivity contribution in [2.75, 3.05) is 32.8 Å². The van der Waals surface area contributed by atoms with Gasteiger partial charge >= 0.3 is 0 Å². The maximum atomic E-state index is 9.17. The molecule has 1 heterocycles. The molecule has 2 N–H and O–H groups in total. The van der Waals surface area contributed by atoms with E-state index in [0.29, 0.717) is 18.1 Å². The minimum atomic E-state index is 0.320. The summed E-state index contributed by atoms with van der Waals surface area (Å²) in [6.45, 7) is 11.8. The van der Waals surface area contributed by atoms with Crippen molar-refractivity contribution < 1.29 is 5.11 Å². The van der Waals surface area contributed by atoms with Gasteiger partial charge in [0.1, 0.15) is 0 Å². The first-order valence-corrected chi connectivity index (χ1v) is 7.64. The molecule has 0 spiro atoms. The molecule has 0 amide bonds. The molecular weight excluding hydrogens is 224 g/mol. The van der Waals surface area contributed by atoms with Crippen molar-refractivity contribution in [2.45, 2.75) is 58.9 Å². The molecule has 1 aliphatic heterocycles. The van der Waals surface area contributed by atoms with Gasteiger partial charge in [-0.25, -0.2) is 0 Å². The third-order valence-corrected chi connectivity index (χ3v) is 3.87. The van der Waals surface area contributed by atoms with Crippen molar-refractivity contribution >= 4 is 0 Å². The van der Waals surface area contributed by atoms with Crippen LogP contribution in [0.15, 0.2) is 0 Å². The van der Waals surface area contributed by atoms with E-state index < -0.39 is 0 Å². The molecule has 1 rings (SSSR count). The molecule has 0 aromatic rings. The summed E-state index contributed by atoms with van der Waals surface area (Å²) in [5.74, 6) is 0. The average Bonchev–Trinajstić information content (AvgIpc) is 2.32. The zero-order valence-electron chi connectivity index (χ0n) is 12.5. The van der Waals surface area contributed by atoms with Crippen molar-refractivity contribution in [3.05, 3.63) is 0 Å². The van der Waals surface area contributed by atoms with E-state index in [-0.39, 0.29) is 0 Å². The number of piperidine rings is 1. The van der Waals surface area contributed by atoms with Gasteiger partial charge in [-0.15, -0.1) is 0 Å². The summed E-state index contributed by atoms with van der Waals surface area (Å²) in [6, 6.07) is 0.606. The maximum Gasteiger partial charge on any atom is 0.0445 e. The molecule has 3 heteroatoms. The lowest BCUT2D eigenvalue weighted by Gasteiger charge is -2.40. The molecule has 0 aromatic carbocycles. The van der Waals surface area contributed by atoms with E-state index in [1.165, 1.54) is 32.2 Å². The second kappa shape index (κ2) is 8.13. The second-order valence-corrected chi connectivity index (χ2v) is 6.47. The number of nitrogens with zero attached hydrogens (tertiary/aromatic N) is 1. The Labute approximate surface area is 113 Å². The van der Waals surface area contributed by atoms with Crippen LogP contribution in [0.2, 0.25) is 0 Å². The number of rotatable bonds is 8. The van der Waals surface area contributed by atoms with Crippen LogP contribution in [0.5, 0.6) is 0 Å². The van der Waals surface area contributed by atoms with Gasteiger partial charge in [0, 0.05) is 25.7 Å². The topological polar surface area (TPSA) is 35.5 Å². The predicted molar refractivity (Wildman–Crippen MR) is 77.9 cm³/mol. The number of nitrogens with one attached hydrogen (secondary N) is 1. The summed E-state index contributed by atoms with van der Waals surface area (Å²) in [7, 11) is 0. The standard InChI is InChI=1S/C15H32N2O/c1-4-9-16-12-15(2,3)13-17-10-6-5-7-14(17)8-11-18/h14,16,18H,4-13H2,1-3H3. The van der Waals surface area contributed by atoms with Gasteiger partial charge in [0.25, 0.3) is 0 Å². The highest BCUT2D eigenvalue weighted by molar-refractivity contribution is 4.83. The van der Waals surface area contributed by atoms with Crippen molar-refractivity contribution in [2.24, 2.45) is 5.41 Å². The predicted octanol–water partition coefficient (Wildman–Crippen LogP) is 2.25. The molecule has 0 saturated carbocycles. The Morgan fingerprint density at radius 2 is 2.11 bits per heavy atom. The molecule has 1 aliphatic rings. The first kappa shape index (κ1) is 15.9. The zero-order chi connectivity index (χ0) is 13.4. The van der Waals surface area contributed by atoms with Crippen LogP contribution in [0, 0.1) is 5.41 Å². The van der Waals surface area contributed by atoms with Gasteiger partial charge in [-0.2, -0.15) is 0 Å². The SMILES string of the molecule is CCCNCC(C)(C)CN1CCCCC1CCO. The molecule has 1 fully saturated rings. The monoisotopic (exact) mass is 256 g/mol. The highest BCUT2D eigenvalue weighted by atomic mass is 16.3. The van der Waals surface area contributed by atoms with Crippen LogP contribution in [0.3, 0.4) is 0 Å². The molecule has 0 bridgehead atoms. The normalized spacial score (nSPS) is 22.3. The first-order chi connectivity index (χ1) is 8.59. The lowest BCUT2D eigenvalue weighted by atomic mass is 9.89. The van der Waals surface area contributed by atoms with E-state index in [1.807, 2.05) is 0 Å². The quantitative estimate of drug-likeness (QED) is 0.654. The van der Waals surface area contributed by atoms with Crippen LogP contribution >= 0.6 is 0 Å². The Morgan fingerprint density at radius 3 is 2.78 bits per heavy atom. The molecule has 0 radical (unpaired) electrons. The van der Waals surface area contributed by atoms with E-state index >= 15 is 0 Å². The Bertz CT molecular complexity index is 217. The van der Waals surface area contributed by atoms with Gasteiger partial charge < -0.3 is 10.4 Å². The largest absolute Gasteiger partial charge is 0.396 e. The van der Waals surface area contributed by atoms with Crippen molar-refractivity contribution in [1.29, 1.82) is 0 Å². The third-order valence-electron chi connectivity index (χ3n) is 3.87. The van der Waals surface area contributed by atoms with Crippen molar-refractivity contribution in [1.82, 2.24) is 10.2 Å². The van der Waals surface area contributed by atoms with Gasteiger partial charge in [0.05, 0.1) is 0 Å². The zero-order valence-corrected chi connectivity index (χ0v) is 12.5. The van der Waals surface area contributed by atoms with Crippen LogP contribution in [0.4, 0.5) is 0 Å². The second-order valence-electron chi connectivity index (χ2n) is 6.47. The van der Waals surface area contributed by atoms with E-state index in [2.05, 4.69) is 31.0 Å². The minimum Gasteiger partial charge on any atom is -0.396 e. The fourth-order valence-electron chi connectivity index (χ4n) is 2.95. The van der Waals surface area contributed by atoms with Crippen LogP contribution in [0.1, 0.15) is 52.9 Å². The molecule has 0 aromatic heterocycles. The lowest BCUT2D eigenvalue weighted by Crippen LogP contribution is -2.47. The van der Waals surface area contributed by atoms with Crippen LogP contribution in [-0.4, -0.2) is 48.8 Å². The molecule has 3 nitrogen and oxygen atoms in total. The first-order valence-electron chi connectivity index (χ1n) is 7.64. The minimum absolute atomic E-state index is 0.320. The summed E-state index contributed by atoms with van der Waals surface area (Å²) >= 11 is 0. The Morgan fingerprint density at radius 1 is 1.33 bits per heavy atom. The van der Waals surface area contributed by atoms with Gasteiger partial charge in [0.15, 0.2) is 0 Å². The lowest BCUT2D eigenvalue weighted by molar-refractivity contribution is 0.0783. The average molecular weight is 256 g/mol. The van der Waals surface area contributed by atoms with E-state index in [1.54, 1.807) is 0 Å². The number of aliphatic hydroxyl groups excluding tert-OH is 1. The van der Waals surface area contributed by atoms with Gasteiger partial charge in [-0.3, -0.25) is 4.90 Å². The number of hydrogen-bond donors (Lipinski definition) is 2. The number of aliphatic hydroxyl groups is 1. The van der Waals surface area contributed by atoms with Gasteiger partial charge in [0.2, 0.25) is 0 Å². The van der Waals surface area contributed by atoms with E-state index in [4.69, 9.17) is 5.11 Å². The number of likely N-dealkylation sites (tertiary alicyclic amines) is 1. The highest BCUT2D eigenvalue weighted by Gasteiger charge is 2.27. The maximum absolute atomic E-state index is 9.17. The Kier molecular flexibility index (Phi) is 7.20. The number of hydrogen-bond acceptors (Lipinski definition) is 3. The summed E-state index contributed by atoms with van der Waals surface area (Å²) in [5, 5.41) is 12.7. The van der Waals surface area contributed by atoms with Crippen LogP contribution in [0.25, 0.3) is 0 Å². The summed E-state index contributed by atoms with van der Waals surface area (Å²) < 4.78 is 0. The molecule has 108 valence electrons. The molecule has 1 saturated heterocycles. The molecule has 1 unspecified atom stereocenters. The molecule has 0 aliphatic carbocycles. The molecule has 1 atom stereocenters. The summed E-state index contributed by atoms with van der Waals surface area (Å²) in [6.07, 6.45) is 6.06. The Hall–Kier alpha value is -0.120. The van der Waals surface area contributed by atoms with Gasteiger partial charge in [-0.1, -0.05) is 27.2 Å². The summed E-state index contributed by atoms with van der Waals surface area (Å²) in [4.78, 5) is 2.60. The highest BCUT2D eigenvalue weighted by Crippen LogP contribution is 2.24. The fraction of sp³-hybridized carbons (Fsp3) is 1.00. The van der Waals surface area contributed by atoms with Crippen molar-refractivity contribution in [3.63, 3.8) is 0 Å². The summed E-state index contributed by atoms with van der Waals surface area (Å²) in [5.41, 5.74) is 0.320. The Balaban J connectivity index is 2.41. The fourth-order valence-corrected chi connectivity index (χ4v) is 2.95. The van der Waals surface area contributed by atoms with Crippen molar-refractivity contribution in [3.8, 4) is 0 Å². The van der Waals surface area contributed by atoms with E-state index in [0.717, 1.165) is 26.1 Å². The molecular formula is C15H32N2O. The smallest absolute Gasteiger partial charge is 0.0445 e. The van der Waals surface area contributed by atoms with E-state index in [9.17, 15) is 0 Å². The van der Waals surface area contributed by atoms with Gasteiger partial charge in [-0.05, 0) is 44.2 Å². The third kappa shape index (κ3) is 5.68.